The van der Waals surface area contributed by atoms with E-state index >= 15 is 0 Å². The van der Waals surface area contributed by atoms with Crippen molar-refractivity contribution in [3.05, 3.63) is 59.7 Å². The number of amides is 1. The summed E-state index contributed by atoms with van der Waals surface area (Å²) in [6, 6.07) is 16.7. The third-order valence-corrected chi connectivity index (χ3v) is 5.66. The van der Waals surface area contributed by atoms with E-state index in [4.69, 9.17) is 10.5 Å². The van der Waals surface area contributed by atoms with Gasteiger partial charge in [-0.05, 0) is 54.7 Å². The lowest BCUT2D eigenvalue weighted by Gasteiger charge is -2.14. The summed E-state index contributed by atoms with van der Waals surface area (Å²) in [5, 5.41) is 13.0. The van der Waals surface area contributed by atoms with E-state index in [1.807, 2.05) is 12.1 Å². The maximum absolute atomic E-state index is 12.1. The van der Waals surface area contributed by atoms with Crippen molar-refractivity contribution in [3.8, 4) is 11.1 Å². The smallest absolute Gasteiger partial charge is 0.407 e. The van der Waals surface area contributed by atoms with Gasteiger partial charge in [0.15, 0.2) is 0 Å². The van der Waals surface area contributed by atoms with Crippen molar-refractivity contribution in [3.63, 3.8) is 0 Å². The van der Waals surface area contributed by atoms with Crippen LogP contribution >= 0.6 is 0 Å². The molecule has 3 rings (SSSR count). The van der Waals surface area contributed by atoms with Gasteiger partial charge >= 0.3 is 6.09 Å². The molecule has 6 N–H and O–H groups in total. The van der Waals surface area contributed by atoms with Crippen LogP contribution < -0.4 is 27.0 Å². The van der Waals surface area contributed by atoms with Crippen LogP contribution in [-0.2, 0) is 4.74 Å². The number of benzene rings is 2. The van der Waals surface area contributed by atoms with Crippen molar-refractivity contribution in [1.29, 1.82) is 0 Å². The van der Waals surface area contributed by atoms with Gasteiger partial charge in [0.25, 0.3) is 0 Å². The van der Waals surface area contributed by atoms with Crippen LogP contribution in [-0.4, -0.2) is 65.1 Å². The number of carbonyl (C=O) groups excluding carboxylic acids is 1. The summed E-state index contributed by atoms with van der Waals surface area (Å²) in [5.74, 6) is 0.0955. The van der Waals surface area contributed by atoms with Gasteiger partial charge in [0.05, 0.1) is 0 Å². The van der Waals surface area contributed by atoms with Crippen LogP contribution in [0.15, 0.2) is 48.5 Å². The van der Waals surface area contributed by atoms with Crippen molar-refractivity contribution in [2.45, 2.75) is 18.8 Å². The van der Waals surface area contributed by atoms with Crippen LogP contribution in [0.4, 0.5) is 4.79 Å². The lowest BCUT2D eigenvalue weighted by molar-refractivity contribution is 0.143. The topological polar surface area (TPSA) is 100 Å². The second-order valence-electron chi connectivity index (χ2n) is 8.00. The highest BCUT2D eigenvalue weighted by Crippen LogP contribution is 2.44. The normalized spacial score (nSPS) is 12.4. The number of carbonyl (C=O) groups is 1. The monoisotopic (exact) mass is 439 g/mol. The van der Waals surface area contributed by atoms with Crippen LogP contribution in [0, 0.1) is 0 Å². The number of fused-ring (bicyclic) bond motifs is 3. The van der Waals surface area contributed by atoms with Gasteiger partial charge in [0.2, 0.25) is 0 Å². The van der Waals surface area contributed by atoms with Gasteiger partial charge in [-0.15, -0.1) is 0 Å². The first-order valence-electron chi connectivity index (χ1n) is 11.7. The first kappa shape index (κ1) is 24.2. The van der Waals surface area contributed by atoms with E-state index < -0.39 is 0 Å². The lowest BCUT2D eigenvalue weighted by atomic mass is 9.98. The molecule has 174 valence electrons. The average Bonchev–Trinajstić information content (AvgIpc) is 3.14. The first-order chi connectivity index (χ1) is 15.8. The Hall–Kier alpha value is -2.45. The van der Waals surface area contributed by atoms with Gasteiger partial charge in [-0.1, -0.05) is 48.5 Å². The fourth-order valence-corrected chi connectivity index (χ4v) is 4.01. The fraction of sp³-hybridized carbons (Fsp3) is 0.480. The molecule has 2 aromatic rings. The molecule has 0 saturated heterocycles. The zero-order chi connectivity index (χ0) is 22.4. The number of nitrogens with one attached hydrogen (secondary N) is 4. The summed E-state index contributed by atoms with van der Waals surface area (Å²) in [7, 11) is 0. The van der Waals surface area contributed by atoms with Gasteiger partial charge in [-0.2, -0.15) is 0 Å². The maximum atomic E-state index is 12.1. The summed E-state index contributed by atoms with van der Waals surface area (Å²) in [5.41, 5.74) is 10.4. The highest BCUT2D eigenvalue weighted by molar-refractivity contribution is 5.79. The number of nitrogens with two attached hydrogens (primary N) is 1. The van der Waals surface area contributed by atoms with E-state index in [0.29, 0.717) is 13.2 Å². The molecule has 0 radical (unpaired) electrons. The molecule has 7 nitrogen and oxygen atoms in total. The summed E-state index contributed by atoms with van der Waals surface area (Å²) >= 11 is 0. The quantitative estimate of drug-likeness (QED) is 0.272. The molecule has 2 aromatic carbocycles. The van der Waals surface area contributed by atoms with E-state index in [-0.39, 0.29) is 12.0 Å². The largest absolute Gasteiger partial charge is 0.449 e. The van der Waals surface area contributed by atoms with Crippen molar-refractivity contribution in [2.24, 2.45) is 5.73 Å². The van der Waals surface area contributed by atoms with E-state index in [2.05, 4.69) is 57.7 Å². The Labute approximate surface area is 191 Å². The van der Waals surface area contributed by atoms with E-state index in [9.17, 15) is 4.79 Å². The minimum absolute atomic E-state index is 0.0955. The Morgan fingerprint density at radius 1 is 0.750 bits per heavy atom. The summed E-state index contributed by atoms with van der Waals surface area (Å²) < 4.78 is 5.55. The average molecular weight is 440 g/mol. The number of ether oxygens (including phenoxy) is 1. The van der Waals surface area contributed by atoms with Crippen LogP contribution in [0.3, 0.4) is 0 Å². The third-order valence-electron chi connectivity index (χ3n) is 5.66. The Kier molecular flexibility index (Phi) is 10.5. The molecular formula is C25H37N5O2. The number of hydrogen-bond acceptors (Lipinski definition) is 6. The molecule has 0 unspecified atom stereocenters. The zero-order valence-electron chi connectivity index (χ0n) is 18.9. The Morgan fingerprint density at radius 2 is 1.28 bits per heavy atom. The molecular weight excluding hydrogens is 402 g/mol. The third kappa shape index (κ3) is 7.31. The highest BCUT2D eigenvalue weighted by Gasteiger charge is 2.28. The van der Waals surface area contributed by atoms with Crippen molar-refractivity contribution in [1.82, 2.24) is 21.3 Å². The van der Waals surface area contributed by atoms with Crippen molar-refractivity contribution < 1.29 is 9.53 Å². The molecule has 7 heteroatoms. The molecule has 1 amide bonds. The SMILES string of the molecule is NCCCNCCNCCNCCCNC(=O)OCC1c2ccccc2-c2ccccc21. The first-order valence-corrected chi connectivity index (χ1v) is 11.7. The van der Waals surface area contributed by atoms with E-state index in [1.165, 1.54) is 22.3 Å². The number of rotatable bonds is 15. The molecule has 1 aliphatic carbocycles. The second-order valence-corrected chi connectivity index (χ2v) is 8.00. The summed E-state index contributed by atoms with van der Waals surface area (Å²) in [4.78, 5) is 12.1. The van der Waals surface area contributed by atoms with Gasteiger partial charge in [0, 0.05) is 38.6 Å². The summed E-state index contributed by atoms with van der Waals surface area (Å²) in [6.45, 7) is 7.28. The predicted octanol–water partition coefficient (Wildman–Crippen LogP) is 2.03. The van der Waals surface area contributed by atoms with Crippen molar-refractivity contribution in [2.75, 3.05) is 59.0 Å². The molecule has 0 aromatic heterocycles. The Bertz CT molecular complexity index is 784. The van der Waals surface area contributed by atoms with Crippen LogP contribution in [0.25, 0.3) is 11.1 Å². The number of hydrogen-bond donors (Lipinski definition) is 5. The van der Waals surface area contributed by atoms with Crippen LogP contribution in [0.2, 0.25) is 0 Å². The van der Waals surface area contributed by atoms with Crippen molar-refractivity contribution >= 4 is 6.09 Å². The molecule has 1 aliphatic rings. The molecule has 0 spiro atoms. The maximum Gasteiger partial charge on any atom is 0.407 e. The van der Waals surface area contributed by atoms with Gasteiger partial charge < -0.3 is 31.7 Å². The molecule has 0 heterocycles. The van der Waals surface area contributed by atoms with Gasteiger partial charge in [0.1, 0.15) is 6.61 Å². The molecule has 0 fully saturated rings. The predicted molar refractivity (Wildman–Crippen MR) is 130 cm³/mol. The molecule has 0 atom stereocenters. The van der Waals surface area contributed by atoms with E-state index in [1.54, 1.807) is 0 Å². The van der Waals surface area contributed by atoms with Crippen LogP contribution in [0.1, 0.15) is 29.9 Å². The summed E-state index contributed by atoms with van der Waals surface area (Å²) in [6.07, 6.45) is 1.53. The zero-order valence-corrected chi connectivity index (χ0v) is 18.9. The molecule has 32 heavy (non-hydrogen) atoms. The lowest BCUT2D eigenvalue weighted by Crippen LogP contribution is -2.34. The minimum Gasteiger partial charge on any atom is -0.449 e. The van der Waals surface area contributed by atoms with E-state index in [0.717, 1.165) is 58.7 Å². The minimum atomic E-state index is -0.351. The fourth-order valence-electron chi connectivity index (χ4n) is 4.01. The number of alkyl carbamates (subject to hydrolysis) is 1. The van der Waals surface area contributed by atoms with Gasteiger partial charge in [-0.3, -0.25) is 0 Å². The standard InChI is InChI=1S/C25H37N5O2/c26-11-5-12-27-15-17-29-18-16-28-13-6-14-30-25(31)32-19-24-22-9-3-1-7-20(22)21-8-2-4-10-23(21)24/h1-4,7-10,24,27-29H,5-6,11-19,26H2,(H,30,31). The highest BCUT2D eigenvalue weighted by atomic mass is 16.5. The second kappa shape index (κ2) is 13.9. The van der Waals surface area contributed by atoms with Crippen LogP contribution in [0.5, 0.6) is 0 Å². The Balaban J connectivity index is 1.23. The molecule has 0 aliphatic heterocycles. The Morgan fingerprint density at radius 3 is 1.88 bits per heavy atom. The molecule has 0 bridgehead atoms. The van der Waals surface area contributed by atoms with Gasteiger partial charge in [-0.25, -0.2) is 4.79 Å². The molecule has 0 saturated carbocycles.